The van der Waals surface area contributed by atoms with Crippen molar-refractivity contribution in [1.82, 2.24) is 14.7 Å². The summed E-state index contributed by atoms with van der Waals surface area (Å²) in [5, 5.41) is 4.71. The molecule has 11 heteroatoms. The van der Waals surface area contributed by atoms with Crippen molar-refractivity contribution in [2.45, 2.75) is 44.4 Å². The van der Waals surface area contributed by atoms with Crippen molar-refractivity contribution >= 4 is 51.5 Å². The van der Waals surface area contributed by atoms with Gasteiger partial charge in [-0.1, -0.05) is 23.7 Å². The van der Waals surface area contributed by atoms with Gasteiger partial charge in [0.25, 0.3) is 11.1 Å². The molecular formula is C26H24ClF3N4O2S. The maximum absolute atomic E-state index is 13.5. The average Bonchev–Trinajstić information content (AvgIpc) is 3.36. The van der Waals surface area contributed by atoms with Crippen molar-refractivity contribution in [3.8, 4) is 0 Å². The number of rotatable bonds is 5. The molecule has 2 fully saturated rings. The number of hydrogen-bond donors (Lipinski definition) is 1. The minimum absolute atomic E-state index is 0.0124. The molecule has 0 spiro atoms. The molecule has 194 valence electrons. The van der Waals surface area contributed by atoms with Crippen LogP contribution in [0, 0.1) is 5.92 Å². The third kappa shape index (κ3) is 5.56. The number of hydrogen-bond acceptors (Lipinski definition) is 5. The quantitative estimate of drug-likeness (QED) is 0.378. The van der Waals surface area contributed by atoms with E-state index in [1.807, 2.05) is 0 Å². The Morgan fingerprint density at radius 1 is 1.11 bits per heavy atom. The summed E-state index contributed by atoms with van der Waals surface area (Å²) in [6, 6.07) is 9.18. The summed E-state index contributed by atoms with van der Waals surface area (Å²) in [6.45, 7) is 0.324. The molecule has 2 amide bonds. The molecule has 0 bridgehead atoms. The van der Waals surface area contributed by atoms with E-state index in [1.54, 1.807) is 30.5 Å². The first kappa shape index (κ1) is 25.8. The Kier molecular flexibility index (Phi) is 7.08. The molecule has 37 heavy (non-hydrogen) atoms. The minimum atomic E-state index is -4.54. The van der Waals surface area contributed by atoms with E-state index in [4.69, 9.17) is 17.3 Å². The fraction of sp³-hybridized carbons (Fsp3) is 0.346. The zero-order valence-corrected chi connectivity index (χ0v) is 21.2. The molecule has 2 aliphatic rings. The fourth-order valence-corrected chi connectivity index (χ4v) is 5.89. The first-order valence-corrected chi connectivity index (χ1v) is 13.1. The molecule has 1 saturated heterocycles. The maximum Gasteiger partial charge on any atom is 0.416 e. The highest BCUT2D eigenvalue weighted by Gasteiger charge is 2.37. The second-order valence-electron chi connectivity index (χ2n) is 9.49. The number of alkyl halides is 3. The Hall–Kier alpha value is -2.82. The molecule has 5 rings (SSSR count). The third-order valence-corrected chi connectivity index (χ3v) is 8.01. The standard InChI is InChI=1S/C26H24ClF3N4O2S/c27-19-5-4-17(21(11-19)26(28,29)30)14-34-22-8-3-16(9-18(22)12-32-34)10-23-24(35)33(25(36)37-23)13-15-1-6-20(31)7-2-15/h3-5,8-12,15,20H,1-2,6-7,13-14,31H2/t15-,20-. The van der Waals surface area contributed by atoms with E-state index in [0.717, 1.165) is 43.5 Å². The number of fused-ring (bicyclic) bond motifs is 1. The lowest BCUT2D eigenvalue weighted by molar-refractivity contribution is -0.138. The Labute approximate surface area is 220 Å². The van der Waals surface area contributed by atoms with Crippen LogP contribution in [0.4, 0.5) is 18.0 Å². The molecule has 2 N–H and O–H groups in total. The normalized spacial score (nSPS) is 22.0. The van der Waals surface area contributed by atoms with Gasteiger partial charge in [0.05, 0.1) is 28.7 Å². The van der Waals surface area contributed by atoms with E-state index in [2.05, 4.69) is 5.10 Å². The summed E-state index contributed by atoms with van der Waals surface area (Å²) in [5.41, 5.74) is 6.56. The van der Waals surface area contributed by atoms with Crippen molar-refractivity contribution in [3.05, 3.63) is 69.2 Å². The molecule has 1 saturated carbocycles. The molecule has 0 unspecified atom stereocenters. The van der Waals surface area contributed by atoms with Crippen LogP contribution in [-0.2, 0) is 17.5 Å². The zero-order valence-electron chi connectivity index (χ0n) is 19.7. The Balaban J connectivity index is 1.34. The molecule has 1 aromatic heterocycles. The maximum atomic E-state index is 13.5. The van der Waals surface area contributed by atoms with Crippen molar-refractivity contribution in [2.75, 3.05) is 6.54 Å². The average molecular weight is 549 g/mol. The van der Waals surface area contributed by atoms with Crippen LogP contribution in [-0.4, -0.2) is 38.4 Å². The molecule has 0 atom stereocenters. The number of amides is 2. The van der Waals surface area contributed by atoms with E-state index >= 15 is 0 Å². The highest BCUT2D eigenvalue weighted by atomic mass is 35.5. The van der Waals surface area contributed by atoms with Gasteiger partial charge in [0.1, 0.15) is 0 Å². The van der Waals surface area contributed by atoms with Crippen LogP contribution in [0.15, 0.2) is 47.5 Å². The van der Waals surface area contributed by atoms with Crippen LogP contribution >= 0.6 is 23.4 Å². The van der Waals surface area contributed by atoms with Gasteiger partial charge in [0.15, 0.2) is 0 Å². The van der Waals surface area contributed by atoms with Crippen LogP contribution in [0.3, 0.4) is 0 Å². The van der Waals surface area contributed by atoms with Crippen LogP contribution in [0.5, 0.6) is 0 Å². The third-order valence-electron chi connectivity index (χ3n) is 6.87. The topological polar surface area (TPSA) is 81.2 Å². The number of aromatic nitrogens is 2. The van der Waals surface area contributed by atoms with E-state index in [-0.39, 0.29) is 40.2 Å². The molecule has 3 aromatic rings. The molecule has 1 aliphatic carbocycles. The van der Waals surface area contributed by atoms with E-state index in [1.165, 1.54) is 21.7 Å². The lowest BCUT2D eigenvalue weighted by atomic mass is 9.86. The first-order valence-electron chi connectivity index (χ1n) is 11.9. The fourth-order valence-electron chi connectivity index (χ4n) is 4.87. The number of carbonyl (C=O) groups excluding carboxylic acids is 2. The smallest absolute Gasteiger partial charge is 0.328 e. The molecular weight excluding hydrogens is 525 g/mol. The number of imide groups is 1. The Morgan fingerprint density at radius 3 is 2.59 bits per heavy atom. The summed E-state index contributed by atoms with van der Waals surface area (Å²) >= 11 is 6.71. The van der Waals surface area contributed by atoms with E-state index < -0.39 is 11.7 Å². The van der Waals surface area contributed by atoms with Crippen LogP contribution in [0.2, 0.25) is 5.02 Å². The Bertz CT molecular complexity index is 1400. The van der Waals surface area contributed by atoms with Gasteiger partial charge in [-0.25, -0.2) is 0 Å². The SMILES string of the molecule is N[C@H]1CC[C@H](CN2C(=O)SC(=Cc3ccc4c(cnn4Cc4ccc(Cl)cc4C(F)(F)F)c3)C2=O)CC1. The van der Waals surface area contributed by atoms with Gasteiger partial charge in [0.2, 0.25) is 0 Å². The lowest BCUT2D eigenvalue weighted by Crippen LogP contribution is -2.36. The first-order chi connectivity index (χ1) is 17.6. The van der Waals surface area contributed by atoms with Gasteiger partial charge in [0, 0.05) is 23.0 Å². The van der Waals surface area contributed by atoms with Crippen molar-refractivity contribution < 1.29 is 22.8 Å². The number of nitrogens with two attached hydrogens (primary N) is 1. The van der Waals surface area contributed by atoms with Gasteiger partial charge in [-0.2, -0.15) is 18.3 Å². The summed E-state index contributed by atoms with van der Waals surface area (Å²) in [6.07, 6.45) is 2.31. The Morgan fingerprint density at radius 2 is 1.86 bits per heavy atom. The van der Waals surface area contributed by atoms with Crippen LogP contribution in [0.25, 0.3) is 17.0 Å². The van der Waals surface area contributed by atoms with Gasteiger partial charge >= 0.3 is 6.18 Å². The number of thioether (sulfide) groups is 1. The molecule has 2 heterocycles. The summed E-state index contributed by atoms with van der Waals surface area (Å²) in [5.74, 6) is -0.0311. The zero-order chi connectivity index (χ0) is 26.3. The minimum Gasteiger partial charge on any atom is -0.328 e. The van der Waals surface area contributed by atoms with E-state index in [0.29, 0.717) is 27.9 Å². The number of halogens is 4. The second kappa shape index (κ2) is 10.2. The van der Waals surface area contributed by atoms with Gasteiger partial charge < -0.3 is 5.73 Å². The van der Waals surface area contributed by atoms with Crippen LogP contribution in [0.1, 0.15) is 42.4 Å². The van der Waals surface area contributed by atoms with Gasteiger partial charge in [-0.3, -0.25) is 19.2 Å². The second-order valence-corrected chi connectivity index (χ2v) is 10.9. The van der Waals surface area contributed by atoms with Crippen LogP contribution < -0.4 is 5.73 Å². The van der Waals surface area contributed by atoms with E-state index in [9.17, 15) is 22.8 Å². The monoisotopic (exact) mass is 548 g/mol. The number of carbonyl (C=O) groups is 2. The van der Waals surface area contributed by atoms with Gasteiger partial charge in [-0.05, 0) is 84.8 Å². The predicted molar refractivity (Wildman–Crippen MR) is 138 cm³/mol. The van der Waals surface area contributed by atoms with Gasteiger partial charge in [-0.15, -0.1) is 0 Å². The molecule has 1 aliphatic heterocycles. The molecule has 0 radical (unpaired) electrons. The molecule has 6 nitrogen and oxygen atoms in total. The highest BCUT2D eigenvalue weighted by Crippen LogP contribution is 2.36. The van der Waals surface area contributed by atoms with Crippen molar-refractivity contribution in [1.29, 1.82) is 0 Å². The predicted octanol–water partition coefficient (Wildman–Crippen LogP) is 6.31. The lowest BCUT2D eigenvalue weighted by Gasteiger charge is -2.28. The largest absolute Gasteiger partial charge is 0.416 e. The van der Waals surface area contributed by atoms with Crippen molar-refractivity contribution in [3.63, 3.8) is 0 Å². The molecule has 2 aromatic carbocycles. The summed E-state index contributed by atoms with van der Waals surface area (Å²) in [4.78, 5) is 27.1. The summed E-state index contributed by atoms with van der Waals surface area (Å²) < 4.78 is 42.0. The van der Waals surface area contributed by atoms with Crippen molar-refractivity contribution in [2.24, 2.45) is 11.7 Å². The number of nitrogens with zero attached hydrogens (tertiary/aromatic N) is 3. The summed E-state index contributed by atoms with van der Waals surface area (Å²) in [7, 11) is 0. The number of benzene rings is 2. The highest BCUT2D eigenvalue weighted by molar-refractivity contribution is 8.18.